The number of hydrogen-bond acceptors (Lipinski definition) is 3. The minimum absolute atomic E-state index is 0.250. The lowest BCUT2D eigenvalue weighted by Crippen LogP contribution is -2.34. The minimum Gasteiger partial charge on any atom is -0.594 e. The summed E-state index contributed by atoms with van der Waals surface area (Å²) >= 11 is 0. The van der Waals surface area contributed by atoms with Crippen LogP contribution in [0.15, 0.2) is 0 Å². The van der Waals surface area contributed by atoms with Gasteiger partial charge >= 0.3 is 8.03 Å². The molecule has 0 aliphatic rings. The fourth-order valence-electron chi connectivity index (χ4n) is 1.32. The number of hydrogen-bond donors (Lipinski definition) is 0. The van der Waals surface area contributed by atoms with Crippen molar-refractivity contribution in [1.82, 2.24) is 4.90 Å². The zero-order chi connectivity index (χ0) is 9.56. The molecule has 2 atom stereocenters. The smallest absolute Gasteiger partial charge is 0.328 e. The Kier molecular flexibility index (Phi) is 6.54. The molecule has 0 radical (unpaired) electrons. The highest BCUT2D eigenvalue weighted by Crippen LogP contribution is 2.25. The normalized spacial score (nSPS) is 14.9. The number of nitrogens with zero attached hydrogens (tertiary/aromatic N) is 1. The highest BCUT2D eigenvalue weighted by Gasteiger charge is 2.25. The largest absolute Gasteiger partial charge is 0.594 e. The summed E-state index contributed by atoms with van der Waals surface area (Å²) in [7, 11) is -2.29. The average molecular weight is 191 g/mol. The lowest BCUT2D eigenvalue weighted by atomic mass is 10.3. The zero-order valence-electron chi connectivity index (χ0n) is 8.12. The van der Waals surface area contributed by atoms with E-state index in [1.54, 1.807) is 0 Å². The number of rotatable bonds is 6. The fourth-order valence-corrected chi connectivity index (χ4v) is 2.39. The maximum absolute atomic E-state index is 10.8. The lowest BCUT2D eigenvalue weighted by Gasteiger charge is -2.22. The topological polar surface area (TPSA) is 43.4 Å². The first-order valence-electron chi connectivity index (χ1n) is 4.54. The quantitative estimate of drug-likeness (QED) is 0.598. The van der Waals surface area contributed by atoms with E-state index in [1.165, 1.54) is 0 Å². The Morgan fingerprint density at radius 2 is 1.83 bits per heavy atom. The van der Waals surface area contributed by atoms with E-state index in [0.717, 1.165) is 25.9 Å². The molecule has 0 aromatic carbocycles. The molecule has 0 saturated heterocycles. The van der Waals surface area contributed by atoms with E-state index in [9.17, 15) is 9.46 Å². The van der Waals surface area contributed by atoms with Gasteiger partial charge in [0.1, 0.15) is 0 Å². The van der Waals surface area contributed by atoms with Gasteiger partial charge in [0.2, 0.25) is 5.78 Å². The Morgan fingerprint density at radius 1 is 1.33 bits per heavy atom. The Labute approximate surface area is 75.6 Å². The molecule has 0 saturated carbocycles. The molecule has 3 nitrogen and oxygen atoms in total. The first kappa shape index (κ1) is 12.0. The van der Waals surface area contributed by atoms with Crippen molar-refractivity contribution in [2.75, 3.05) is 13.1 Å². The molecule has 0 amide bonds. The van der Waals surface area contributed by atoms with Crippen LogP contribution in [-0.4, -0.2) is 23.8 Å². The van der Waals surface area contributed by atoms with Crippen molar-refractivity contribution >= 4 is 8.03 Å². The Balaban J connectivity index is 4.15. The molecule has 0 aromatic heterocycles. The predicted molar refractivity (Wildman–Crippen MR) is 49.2 cm³/mol. The molecule has 12 heavy (non-hydrogen) atoms. The van der Waals surface area contributed by atoms with Gasteiger partial charge in [-0.1, -0.05) is 31.8 Å². The van der Waals surface area contributed by atoms with Crippen LogP contribution < -0.4 is 4.89 Å². The first-order chi connectivity index (χ1) is 5.67. The third-order valence-corrected chi connectivity index (χ3v) is 3.10. The van der Waals surface area contributed by atoms with Crippen molar-refractivity contribution in [3.05, 3.63) is 0 Å². The summed E-state index contributed by atoms with van der Waals surface area (Å²) in [5.74, 6) is -0.250. The summed E-state index contributed by atoms with van der Waals surface area (Å²) in [5, 5.41) is 0. The summed E-state index contributed by atoms with van der Waals surface area (Å²) in [6, 6.07) is 0. The summed E-state index contributed by atoms with van der Waals surface area (Å²) in [6.07, 6.45) is 1.67. The van der Waals surface area contributed by atoms with Crippen molar-refractivity contribution in [1.29, 1.82) is 0 Å². The first-order valence-corrected chi connectivity index (χ1v) is 5.79. The highest BCUT2D eigenvalue weighted by molar-refractivity contribution is 7.37. The molecule has 0 aliphatic carbocycles. The predicted octanol–water partition coefficient (Wildman–Crippen LogP) is 1.56. The SMILES string of the molecule is CCCC(N(CC)CC)[P+](=O)[O-]. The second-order valence-corrected chi connectivity index (χ2v) is 3.94. The molecule has 4 heteroatoms. The summed E-state index contributed by atoms with van der Waals surface area (Å²) in [6.45, 7) is 7.61. The maximum Gasteiger partial charge on any atom is 0.328 e. The van der Waals surface area contributed by atoms with E-state index in [1.807, 2.05) is 25.7 Å². The molecule has 0 spiro atoms. The van der Waals surface area contributed by atoms with Crippen LogP contribution >= 0.6 is 8.03 Å². The summed E-state index contributed by atoms with van der Waals surface area (Å²) < 4.78 is 10.8. The zero-order valence-corrected chi connectivity index (χ0v) is 9.01. The van der Waals surface area contributed by atoms with Crippen LogP contribution in [0.1, 0.15) is 33.6 Å². The van der Waals surface area contributed by atoms with Crippen LogP contribution in [0.4, 0.5) is 0 Å². The standard InChI is InChI=1S/C8H18NO2P/c1-4-7-8(12(10)11)9(5-2)6-3/h8H,4-7H2,1-3H3. The molecule has 0 fully saturated rings. The van der Waals surface area contributed by atoms with Crippen molar-refractivity contribution in [3.8, 4) is 0 Å². The fraction of sp³-hybridized carbons (Fsp3) is 1.00. The van der Waals surface area contributed by atoms with E-state index in [-0.39, 0.29) is 5.78 Å². The van der Waals surface area contributed by atoms with Gasteiger partial charge in [0.25, 0.3) is 0 Å². The van der Waals surface area contributed by atoms with Crippen molar-refractivity contribution in [2.45, 2.75) is 39.4 Å². The van der Waals surface area contributed by atoms with E-state index < -0.39 is 8.03 Å². The van der Waals surface area contributed by atoms with Gasteiger partial charge in [-0.05, 0) is 13.1 Å². The molecule has 0 N–H and O–H groups in total. The van der Waals surface area contributed by atoms with Crippen LogP contribution in [0.2, 0.25) is 0 Å². The second-order valence-electron chi connectivity index (χ2n) is 2.78. The van der Waals surface area contributed by atoms with Gasteiger partial charge in [-0.3, -0.25) is 4.90 Å². The average Bonchev–Trinajstić information content (AvgIpc) is 2.05. The van der Waals surface area contributed by atoms with E-state index in [4.69, 9.17) is 0 Å². The van der Waals surface area contributed by atoms with Gasteiger partial charge in [-0.25, -0.2) is 0 Å². The van der Waals surface area contributed by atoms with Gasteiger partial charge in [0, 0.05) is 6.42 Å². The summed E-state index contributed by atoms with van der Waals surface area (Å²) in [4.78, 5) is 12.8. The molecule has 72 valence electrons. The van der Waals surface area contributed by atoms with Crippen LogP contribution in [0, 0.1) is 0 Å². The monoisotopic (exact) mass is 191 g/mol. The van der Waals surface area contributed by atoms with Crippen molar-refractivity contribution < 1.29 is 9.46 Å². The molecule has 0 aliphatic heterocycles. The highest BCUT2D eigenvalue weighted by atomic mass is 31.1. The van der Waals surface area contributed by atoms with Crippen molar-refractivity contribution in [3.63, 3.8) is 0 Å². The second kappa shape index (κ2) is 6.53. The van der Waals surface area contributed by atoms with Gasteiger partial charge in [-0.15, -0.1) is 0 Å². The Hall–Kier alpha value is 0.0200. The molecular weight excluding hydrogens is 173 g/mol. The molecular formula is C8H18NO2P. The Morgan fingerprint density at radius 3 is 2.08 bits per heavy atom. The third kappa shape index (κ3) is 3.61. The van der Waals surface area contributed by atoms with E-state index in [2.05, 4.69) is 0 Å². The van der Waals surface area contributed by atoms with Crippen LogP contribution in [0.25, 0.3) is 0 Å². The lowest BCUT2D eigenvalue weighted by molar-refractivity contribution is -0.169. The summed E-state index contributed by atoms with van der Waals surface area (Å²) in [5.41, 5.74) is 0. The van der Waals surface area contributed by atoms with Gasteiger partial charge in [-0.2, -0.15) is 0 Å². The van der Waals surface area contributed by atoms with Gasteiger partial charge in [0.15, 0.2) is 0 Å². The van der Waals surface area contributed by atoms with Crippen LogP contribution in [-0.2, 0) is 4.57 Å². The molecule has 2 unspecified atom stereocenters. The maximum atomic E-state index is 10.8. The third-order valence-electron chi connectivity index (χ3n) is 2.02. The van der Waals surface area contributed by atoms with Crippen molar-refractivity contribution in [2.24, 2.45) is 0 Å². The van der Waals surface area contributed by atoms with Gasteiger partial charge < -0.3 is 4.89 Å². The van der Waals surface area contributed by atoms with Crippen LogP contribution in [0.3, 0.4) is 0 Å². The molecule has 0 aromatic rings. The molecule has 0 bridgehead atoms. The Bertz CT molecular complexity index is 137. The molecule has 0 heterocycles. The minimum atomic E-state index is -2.29. The molecule has 0 rings (SSSR count). The van der Waals surface area contributed by atoms with Crippen LogP contribution in [0.5, 0.6) is 0 Å². The van der Waals surface area contributed by atoms with E-state index in [0.29, 0.717) is 0 Å². The van der Waals surface area contributed by atoms with E-state index >= 15 is 0 Å². The van der Waals surface area contributed by atoms with Gasteiger partial charge in [0.05, 0.1) is 0 Å².